The molecule has 0 atom stereocenters. The number of aryl methyl sites for hydroxylation is 1. The number of carbonyl (C=O) groups is 1. The van der Waals surface area contributed by atoms with Gasteiger partial charge in [-0.25, -0.2) is 0 Å². The van der Waals surface area contributed by atoms with Crippen LogP contribution in [0.4, 0.5) is 0 Å². The van der Waals surface area contributed by atoms with E-state index in [2.05, 4.69) is 47.2 Å². The number of aromatic nitrogens is 4. The van der Waals surface area contributed by atoms with Crippen molar-refractivity contribution in [3.63, 3.8) is 0 Å². The zero-order chi connectivity index (χ0) is 14.0. The van der Waals surface area contributed by atoms with Crippen molar-refractivity contribution >= 4 is 37.8 Å². The van der Waals surface area contributed by atoms with Gasteiger partial charge in [0.15, 0.2) is 0 Å². The molecule has 102 valence electrons. The van der Waals surface area contributed by atoms with E-state index in [1.165, 1.54) is 0 Å². The first kappa shape index (κ1) is 14.3. The van der Waals surface area contributed by atoms with E-state index in [4.69, 9.17) is 0 Å². The maximum Gasteiger partial charge on any atom is 0.273 e. The summed E-state index contributed by atoms with van der Waals surface area (Å²) < 4.78 is 3.42. The van der Waals surface area contributed by atoms with Crippen LogP contribution in [-0.2, 0) is 13.1 Å². The van der Waals surface area contributed by atoms with Crippen molar-refractivity contribution < 1.29 is 4.79 Å². The maximum absolute atomic E-state index is 12.2. The lowest BCUT2D eigenvalue weighted by Gasteiger charge is -2.17. The largest absolute Gasteiger partial charge is 0.334 e. The highest BCUT2D eigenvalue weighted by atomic mass is 79.9. The number of carbonyl (C=O) groups excluding carboxylic acids is 1. The Bertz CT molecular complexity index is 592. The minimum absolute atomic E-state index is 0.125. The average molecular weight is 391 g/mol. The Balaban J connectivity index is 2.17. The molecule has 0 aromatic carbocycles. The smallest absolute Gasteiger partial charge is 0.273 e. The molecule has 0 aliphatic heterocycles. The molecule has 0 bridgehead atoms. The number of halogens is 2. The van der Waals surface area contributed by atoms with Crippen molar-refractivity contribution in [2.45, 2.75) is 20.0 Å². The molecule has 8 heteroatoms. The van der Waals surface area contributed by atoms with Gasteiger partial charge in [-0.2, -0.15) is 10.2 Å². The first-order valence-electron chi connectivity index (χ1n) is 5.69. The van der Waals surface area contributed by atoms with Crippen LogP contribution in [0.5, 0.6) is 0 Å². The second-order valence-electron chi connectivity index (χ2n) is 4.01. The van der Waals surface area contributed by atoms with Gasteiger partial charge in [-0.1, -0.05) is 0 Å². The first-order chi connectivity index (χ1) is 9.04. The number of amides is 1. The van der Waals surface area contributed by atoms with E-state index < -0.39 is 0 Å². The van der Waals surface area contributed by atoms with Gasteiger partial charge in [0.25, 0.3) is 5.91 Å². The molecule has 2 heterocycles. The van der Waals surface area contributed by atoms with Crippen LogP contribution in [0.1, 0.15) is 23.1 Å². The molecular weight excluding hydrogens is 378 g/mol. The SMILES string of the molecule is CCn1ncc(Br)c1CN(C)C(=O)c1[nH]ncc1Br. The molecule has 0 fully saturated rings. The number of hydrogen-bond acceptors (Lipinski definition) is 3. The van der Waals surface area contributed by atoms with E-state index in [1.807, 2.05) is 11.6 Å². The van der Waals surface area contributed by atoms with Crippen molar-refractivity contribution in [2.24, 2.45) is 0 Å². The van der Waals surface area contributed by atoms with Crippen molar-refractivity contribution in [3.05, 3.63) is 32.7 Å². The molecule has 2 rings (SSSR count). The third kappa shape index (κ3) is 2.89. The van der Waals surface area contributed by atoms with Crippen LogP contribution in [-0.4, -0.2) is 37.8 Å². The summed E-state index contributed by atoms with van der Waals surface area (Å²) >= 11 is 6.74. The zero-order valence-corrected chi connectivity index (χ0v) is 13.7. The monoisotopic (exact) mass is 389 g/mol. The third-order valence-electron chi connectivity index (χ3n) is 2.74. The van der Waals surface area contributed by atoms with Crippen LogP contribution in [0.15, 0.2) is 21.3 Å². The van der Waals surface area contributed by atoms with Crippen LogP contribution in [0.25, 0.3) is 0 Å². The summed E-state index contributed by atoms with van der Waals surface area (Å²) in [6.45, 7) is 3.24. The summed E-state index contributed by atoms with van der Waals surface area (Å²) in [5.74, 6) is -0.125. The van der Waals surface area contributed by atoms with Crippen LogP contribution >= 0.6 is 31.9 Å². The molecule has 2 aromatic rings. The van der Waals surface area contributed by atoms with Crippen LogP contribution in [0.3, 0.4) is 0 Å². The molecular formula is C11H13Br2N5O. The average Bonchev–Trinajstić information content (AvgIpc) is 2.96. The predicted octanol–water partition coefficient (Wildman–Crippen LogP) is 2.42. The Labute approximate surface area is 127 Å². The lowest BCUT2D eigenvalue weighted by molar-refractivity contribution is 0.0774. The topological polar surface area (TPSA) is 66.8 Å². The predicted molar refractivity (Wildman–Crippen MR) is 77.7 cm³/mol. The lowest BCUT2D eigenvalue weighted by atomic mass is 10.3. The third-order valence-corrected chi connectivity index (χ3v) is 4.00. The van der Waals surface area contributed by atoms with E-state index in [0.29, 0.717) is 16.7 Å². The summed E-state index contributed by atoms with van der Waals surface area (Å²) in [4.78, 5) is 13.9. The zero-order valence-electron chi connectivity index (χ0n) is 10.5. The number of nitrogens with one attached hydrogen (secondary N) is 1. The highest BCUT2D eigenvalue weighted by Crippen LogP contribution is 2.20. The van der Waals surface area contributed by atoms with Gasteiger partial charge in [0, 0.05) is 13.6 Å². The second-order valence-corrected chi connectivity index (χ2v) is 5.72. The van der Waals surface area contributed by atoms with Gasteiger partial charge in [-0.3, -0.25) is 14.6 Å². The van der Waals surface area contributed by atoms with Crippen LogP contribution in [0.2, 0.25) is 0 Å². The highest BCUT2D eigenvalue weighted by Gasteiger charge is 2.19. The summed E-state index contributed by atoms with van der Waals surface area (Å²) in [6.07, 6.45) is 3.30. The van der Waals surface area contributed by atoms with Gasteiger partial charge in [0.05, 0.1) is 33.6 Å². The number of aromatic amines is 1. The minimum Gasteiger partial charge on any atom is -0.334 e. The Morgan fingerprint density at radius 3 is 2.74 bits per heavy atom. The van der Waals surface area contributed by atoms with E-state index in [0.717, 1.165) is 16.7 Å². The Kier molecular flexibility index (Phi) is 4.41. The van der Waals surface area contributed by atoms with Crippen molar-refractivity contribution in [1.29, 1.82) is 0 Å². The lowest BCUT2D eigenvalue weighted by Crippen LogP contribution is -2.28. The van der Waals surface area contributed by atoms with Gasteiger partial charge in [0.1, 0.15) is 5.69 Å². The Morgan fingerprint density at radius 1 is 1.42 bits per heavy atom. The number of H-pyrrole nitrogens is 1. The van der Waals surface area contributed by atoms with E-state index in [1.54, 1.807) is 24.3 Å². The van der Waals surface area contributed by atoms with Crippen LogP contribution < -0.4 is 0 Å². The normalized spacial score (nSPS) is 10.7. The van der Waals surface area contributed by atoms with E-state index >= 15 is 0 Å². The Morgan fingerprint density at radius 2 is 2.16 bits per heavy atom. The molecule has 0 saturated carbocycles. The second kappa shape index (κ2) is 5.87. The van der Waals surface area contributed by atoms with Crippen LogP contribution in [0, 0.1) is 0 Å². The fraction of sp³-hybridized carbons (Fsp3) is 0.364. The van der Waals surface area contributed by atoms with E-state index in [-0.39, 0.29) is 5.91 Å². The van der Waals surface area contributed by atoms with Gasteiger partial charge in [-0.05, 0) is 38.8 Å². The minimum atomic E-state index is -0.125. The molecule has 0 unspecified atom stereocenters. The van der Waals surface area contributed by atoms with Crippen molar-refractivity contribution in [2.75, 3.05) is 7.05 Å². The number of rotatable bonds is 4. The molecule has 2 aromatic heterocycles. The molecule has 1 N–H and O–H groups in total. The summed E-state index contributed by atoms with van der Waals surface area (Å²) in [7, 11) is 1.75. The molecule has 0 aliphatic carbocycles. The van der Waals surface area contributed by atoms with Gasteiger partial charge in [-0.15, -0.1) is 0 Å². The number of nitrogens with zero attached hydrogens (tertiary/aromatic N) is 4. The fourth-order valence-electron chi connectivity index (χ4n) is 1.73. The highest BCUT2D eigenvalue weighted by molar-refractivity contribution is 9.10. The quantitative estimate of drug-likeness (QED) is 0.871. The molecule has 6 nitrogen and oxygen atoms in total. The first-order valence-corrected chi connectivity index (χ1v) is 7.27. The van der Waals surface area contributed by atoms with Gasteiger partial charge in [0.2, 0.25) is 0 Å². The standard InChI is InChI=1S/C11H13Br2N5O/c1-3-18-9(7(12)5-15-18)6-17(2)11(19)10-8(13)4-14-16-10/h4-5H,3,6H2,1-2H3,(H,14,16). The molecule has 19 heavy (non-hydrogen) atoms. The molecule has 0 saturated heterocycles. The molecule has 0 spiro atoms. The fourth-order valence-corrected chi connectivity index (χ4v) is 2.51. The van der Waals surface area contributed by atoms with Crippen molar-refractivity contribution in [1.82, 2.24) is 24.9 Å². The van der Waals surface area contributed by atoms with Gasteiger partial charge >= 0.3 is 0 Å². The Hall–Kier alpha value is -1.15. The summed E-state index contributed by atoms with van der Waals surface area (Å²) in [5, 5.41) is 10.7. The maximum atomic E-state index is 12.2. The number of hydrogen-bond donors (Lipinski definition) is 1. The molecule has 0 aliphatic rings. The summed E-state index contributed by atoms with van der Waals surface area (Å²) in [5.41, 5.74) is 1.41. The van der Waals surface area contributed by atoms with Gasteiger partial charge < -0.3 is 4.90 Å². The van der Waals surface area contributed by atoms with Crippen molar-refractivity contribution in [3.8, 4) is 0 Å². The molecule has 1 amide bonds. The summed E-state index contributed by atoms with van der Waals surface area (Å²) in [6, 6.07) is 0. The van der Waals surface area contributed by atoms with E-state index in [9.17, 15) is 4.79 Å². The molecule has 0 radical (unpaired) electrons.